The monoisotopic (exact) mass is 242 g/mol. The Hall–Kier alpha value is -2.17. The second-order valence-corrected chi connectivity index (χ2v) is 4.46. The van der Waals surface area contributed by atoms with E-state index in [4.69, 9.17) is 0 Å². The largest absolute Gasteiger partial charge is 0.333 e. The van der Waals surface area contributed by atoms with Crippen molar-refractivity contribution in [2.75, 3.05) is 6.54 Å². The summed E-state index contributed by atoms with van der Waals surface area (Å²) in [4.78, 5) is 15.5. The molecule has 0 spiro atoms. The van der Waals surface area contributed by atoms with Crippen molar-refractivity contribution < 1.29 is 4.79 Å². The van der Waals surface area contributed by atoms with E-state index in [1.807, 2.05) is 17.0 Å². The Bertz CT molecular complexity index is 590. The maximum absolute atomic E-state index is 12.2. The zero-order valence-corrected chi connectivity index (χ0v) is 10.2. The third-order valence-corrected chi connectivity index (χ3v) is 3.24. The molecule has 3 rings (SSSR count). The first-order valence-corrected chi connectivity index (χ1v) is 5.96. The van der Waals surface area contributed by atoms with Crippen LogP contribution >= 0.6 is 0 Å². The Morgan fingerprint density at radius 3 is 2.78 bits per heavy atom. The third kappa shape index (κ3) is 1.88. The van der Waals surface area contributed by atoms with Crippen molar-refractivity contribution in [2.45, 2.75) is 13.0 Å². The molecule has 0 atom stereocenters. The Labute approximate surface area is 105 Å². The Morgan fingerprint density at radius 2 is 2.06 bits per heavy atom. The van der Waals surface area contributed by atoms with Crippen molar-refractivity contribution in [1.82, 2.24) is 19.9 Å². The average molecular weight is 242 g/mol. The number of aromatic nitrogens is 3. The second kappa shape index (κ2) is 4.25. The van der Waals surface area contributed by atoms with Crippen LogP contribution in [0.2, 0.25) is 0 Å². The van der Waals surface area contributed by atoms with Gasteiger partial charge in [0.1, 0.15) is 0 Å². The van der Waals surface area contributed by atoms with E-state index >= 15 is 0 Å². The molecule has 0 aliphatic carbocycles. The Morgan fingerprint density at radius 1 is 1.28 bits per heavy atom. The summed E-state index contributed by atoms with van der Waals surface area (Å²) in [6, 6.07) is 8.25. The molecule has 0 N–H and O–H groups in total. The highest BCUT2D eigenvalue weighted by Crippen LogP contribution is 2.19. The molecule has 5 heteroatoms. The number of hydrogen-bond acceptors (Lipinski definition) is 3. The topological polar surface area (TPSA) is 51.0 Å². The lowest BCUT2D eigenvalue weighted by atomic mass is 10.00. The second-order valence-electron chi connectivity index (χ2n) is 4.46. The highest BCUT2D eigenvalue weighted by atomic mass is 16.2. The molecule has 5 nitrogen and oxygen atoms in total. The number of fused-ring (bicyclic) bond motifs is 1. The van der Waals surface area contributed by atoms with Gasteiger partial charge in [0, 0.05) is 20.1 Å². The van der Waals surface area contributed by atoms with E-state index in [0.717, 1.165) is 13.0 Å². The van der Waals surface area contributed by atoms with E-state index in [-0.39, 0.29) is 5.91 Å². The van der Waals surface area contributed by atoms with Crippen LogP contribution in [0.3, 0.4) is 0 Å². The van der Waals surface area contributed by atoms with Crippen LogP contribution in [0, 0.1) is 0 Å². The molecule has 1 amide bonds. The average Bonchev–Trinajstić information content (AvgIpc) is 2.84. The summed E-state index contributed by atoms with van der Waals surface area (Å²) >= 11 is 0. The van der Waals surface area contributed by atoms with E-state index in [2.05, 4.69) is 22.3 Å². The minimum absolute atomic E-state index is 0.0439. The van der Waals surface area contributed by atoms with Crippen molar-refractivity contribution in [3.8, 4) is 0 Å². The maximum Gasteiger partial charge on any atom is 0.276 e. The zero-order chi connectivity index (χ0) is 12.5. The molecule has 0 fully saturated rings. The van der Waals surface area contributed by atoms with Crippen molar-refractivity contribution in [1.29, 1.82) is 0 Å². The molecule has 1 aliphatic rings. The summed E-state index contributed by atoms with van der Waals surface area (Å²) in [5, 5.41) is 7.99. The van der Waals surface area contributed by atoms with Crippen LogP contribution in [0.5, 0.6) is 0 Å². The molecule has 0 unspecified atom stereocenters. The Kier molecular flexibility index (Phi) is 2.59. The number of benzene rings is 1. The minimum atomic E-state index is -0.0439. The van der Waals surface area contributed by atoms with Crippen LogP contribution in [-0.4, -0.2) is 32.3 Å². The van der Waals surface area contributed by atoms with E-state index in [0.29, 0.717) is 12.2 Å². The number of carbonyl (C=O) groups excluding carboxylic acids is 1. The number of carbonyl (C=O) groups is 1. The van der Waals surface area contributed by atoms with Crippen molar-refractivity contribution >= 4 is 5.91 Å². The summed E-state index contributed by atoms with van der Waals surface area (Å²) in [7, 11) is 1.71. The standard InChI is InChI=1S/C13H14N4O/c1-16-14-8-12(15-16)13(18)17-7-6-10-4-2-3-5-11(10)9-17/h2-5,8H,6-7,9H2,1H3. The van der Waals surface area contributed by atoms with Gasteiger partial charge in [0.2, 0.25) is 0 Å². The Balaban J connectivity index is 1.82. The van der Waals surface area contributed by atoms with Gasteiger partial charge in [-0.05, 0) is 17.5 Å². The predicted molar refractivity (Wildman–Crippen MR) is 65.9 cm³/mol. The van der Waals surface area contributed by atoms with Gasteiger partial charge in [0.15, 0.2) is 5.69 Å². The molecular weight excluding hydrogens is 228 g/mol. The quantitative estimate of drug-likeness (QED) is 0.750. The summed E-state index contributed by atoms with van der Waals surface area (Å²) in [5.41, 5.74) is 2.97. The number of amides is 1. The predicted octanol–water partition coefficient (Wildman–Crippen LogP) is 1.01. The molecule has 2 aromatic rings. The van der Waals surface area contributed by atoms with Gasteiger partial charge in [-0.2, -0.15) is 9.90 Å². The molecule has 0 saturated heterocycles. The normalized spacial score (nSPS) is 14.4. The van der Waals surface area contributed by atoms with Gasteiger partial charge in [-0.15, -0.1) is 5.10 Å². The van der Waals surface area contributed by atoms with Crippen LogP contribution in [-0.2, 0) is 20.0 Å². The lowest BCUT2D eigenvalue weighted by Gasteiger charge is -2.28. The van der Waals surface area contributed by atoms with Crippen LogP contribution in [0.15, 0.2) is 30.5 Å². The minimum Gasteiger partial charge on any atom is -0.333 e. The van der Waals surface area contributed by atoms with Gasteiger partial charge in [0.25, 0.3) is 5.91 Å². The molecule has 1 aromatic carbocycles. The highest BCUT2D eigenvalue weighted by molar-refractivity contribution is 5.92. The van der Waals surface area contributed by atoms with Crippen molar-refractivity contribution in [3.05, 3.63) is 47.3 Å². The molecule has 0 radical (unpaired) electrons. The smallest absolute Gasteiger partial charge is 0.276 e. The van der Waals surface area contributed by atoms with Crippen molar-refractivity contribution in [2.24, 2.45) is 7.05 Å². The summed E-state index contributed by atoms with van der Waals surface area (Å²) in [6.45, 7) is 1.40. The number of nitrogens with zero attached hydrogens (tertiary/aromatic N) is 4. The zero-order valence-electron chi connectivity index (χ0n) is 10.2. The van der Waals surface area contributed by atoms with Crippen LogP contribution in [0.25, 0.3) is 0 Å². The van der Waals surface area contributed by atoms with E-state index in [1.54, 1.807) is 7.05 Å². The first-order chi connectivity index (χ1) is 8.74. The fourth-order valence-electron chi connectivity index (χ4n) is 2.27. The molecule has 92 valence electrons. The number of aryl methyl sites for hydroxylation is 1. The van der Waals surface area contributed by atoms with Crippen molar-refractivity contribution in [3.63, 3.8) is 0 Å². The van der Waals surface area contributed by atoms with Gasteiger partial charge in [-0.3, -0.25) is 4.79 Å². The SMILES string of the molecule is Cn1ncc(C(=O)N2CCc3ccccc3C2)n1. The fraction of sp³-hybridized carbons (Fsp3) is 0.308. The van der Waals surface area contributed by atoms with Gasteiger partial charge < -0.3 is 4.90 Å². The molecule has 1 aliphatic heterocycles. The van der Waals surface area contributed by atoms with Crippen LogP contribution in [0.1, 0.15) is 21.6 Å². The highest BCUT2D eigenvalue weighted by Gasteiger charge is 2.23. The lowest BCUT2D eigenvalue weighted by molar-refractivity contribution is 0.0728. The summed E-state index contributed by atoms with van der Waals surface area (Å²) in [6.07, 6.45) is 2.42. The van der Waals surface area contributed by atoms with E-state index in [1.165, 1.54) is 22.1 Å². The molecule has 1 aromatic heterocycles. The fourth-order valence-corrected chi connectivity index (χ4v) is 2.27. The van der Waals surface area contributed by atoms with Gasteiger partial charge in [-0.25, -0.2) is 0 Å². The van der Waals surface area contributed by atoms with E-state index < -0.39 is 0 Å². The summed E-state index contributed by atoms with van der Waals surface area (Å²) < 4.78 is 0. The maximum atomic E-state index is 12.2. The first kappa shape index (κ1) is 11.0. The number of rotatable bonds is 1. The molecular formula is C13H14N4O. The van der Waals surface area contributed by atoms with Crippen LogP contribution < -0.4 is 0 Å². The van der Waals surface area contributed by atoms with Gasteiger partial charge in [-0.1, -0.05) is 24.3 Å². The molecule has 0 saturated carbocycles. The van der Waals surface area contributed by atoms with Gasteiger partial charge >= 0.3 is 0 Å². The molecule has 2 heterocycles. The van der Waals surface area contributed by atoms with Crippen LogP contribution in [0.4, 0.5) is 0 Å². The summed E-state index contributed by atoms with van der Waals surface area (Å²) in [5.74, 6) is -0.0439. The first-order valence-electron chi connectivity index (χ1n) is 5.96. The third-order valence-electron chi connectivity index (χ3n) is 3.24. The number of hydrogen-bond donors (Lipinski definition) is 0. The molecule has 18 heavy (non-hydrogen) atoms. The lowest BCUT2D eigenvalue weighted by Crippen LogP contribution is -2.36. The van der Waals surface area contributed by atoms with E-state index in [9.17, 15) is 4.79 Å². The van der Waals surface area contributed by atoms with Gasteiger partial charge in [0.05, 0.1) is 6.20 Å². The molecule has 0 bridgehead atoms.